The second kappa shape index (κ2) is 6.38. The first kappa shape index (κ1) is 12.1. The average molecular weight is 246 g/mol. The molecule has 0 amide bonds. The predicted molar refractivity (Wildman–Crippen MR) is 72.1 cm³/mol. The molecular weight excluding hydrogens is 224 g/mol. The van der Waals surface area contributed by atoms with Gasteiger partial charge in [0.15, 0.2) is 0 Å². The van der Waals surface area contributed by atoms with Gasteiger partial charge in [0.2, 0.25) is 0 Å². The maximum absolute atomic E-state index is 3.56. The van der Waals surface area contributed by atoms with Crippen LogP contribution in [0.25, 0.3) is 0 Å². The van der Waals surface area contributed by atoms with Gasteiger partial charge in [0.05, 0.1) is 0 Å². The number of nitrogens with zero attached hydrogens (tertiary/aromatic N) is 1. The lowest BCUT2D eigenvalue weighted by atomic mass is 10.3. The molecule has 2 aliphatic rings. The Balaban J connectivity index is 1.76. The van der Waals surface area contributed by atoms with Crippen molar-refractivity contribution >= 4 is 23.5 Å². The summed E-state index contributed by atoms with van der Waals surface area (Å²) in [5.74, 6) is 4.08. The summed E-state index contributed by atoms with van der Waals surface area (Å²) < 4.78 is 0. The van der Waals surface area contributed by atoms with Crippen molar-refractivity contribution in [3.05, 3.63) is 0 Å². The van der Waals surface area contributed by atoms with Gasteiger partial charge in [0, 0.05) is 41.6 Å². The average Bonchev–Trinajstić information content (AvgIpc) is 2.44. The fourth-order valence-electron chi connectivity index (χ4n) is 2.29. The first-order chi connectivity index (χ1) is 7.34. The summed E-state index contributed by atoms with van der Waals surface area (Å²) in [5, 5.41) is 4.44. The Labute approximate surface area is 102 Å². The molecule has 2 nitrogen and oxygen atoms in total. The molecule has 0 aromatic heterocycles. The van der Waals surface area contributed by atoms with Crippen LogP contribution in [-0.4, -0.2) is 59.6 Å². The van der Waals surface area contributed by atoms with E-state index in [4.69, 9.17) is 0 Å². The van der Waals surface area contributed by atoms with Crippen LogP contribution in [0, 0.1) is 0 Å². The number of hydrogen-bond acceptors (Lipinski definition) is 4. The zero-order valence-electron chi connectivity index (χ0n) is 9.58. The number of thioether (sulfide) groups is 2. The van der Waals surface area contributed by atoms with Gasteiger partial charge in [0.25, 0.3) is 0 Å². The Kier molecular flexibility index (Phi) is 5.14. The highest BCUT2D eigenvalue weighted by Crippen LogP contribution is 2.24. The summed E-state index contributed by atoms with van der Waals surface area (Å²) in [6.07, 6.45) is 1.31. The van der Waals surface area contributed by atoms with Crippen LogP contribution in [0.4, 0.5) is 0 Å². The Morgan fingerprint density at radius 2 is 2.33 bits per heavy atom. The zero-order chi connectivity index (χ0) is 10.5. The lowest BCUT2D eigenvalue weighted by molar-refractivity contribution is 0.277. The van der Waals surface area contributed by atoms with Crippen molar-refractivity contribution in [1.82, 2.24) is 10.2 Å². The van der Waals surface area contributed by atoms with E-state index in [2.05, 4.69) is 40.7 Å². The van der Waals surface area contributed by atoms with Gasteiger partial charge >= 0.3 is 0 Å². The zero-order valence-corrected chi connectivity index (χ0v) is 11.2. The van der Waals surface area contributed by atoms with Gasteiger partial charge in [-0.2, -0.15) is 23.5 Å². The van der Waals surface area contributed by atoms with Gasteiger partial charge in [-0.05, 0) is 26.4 Å². The highest BCUT2D eigenvalue weighted by Gasteiger charge is 2.20. The molecule has 2 unspecified atom stereocenters. The maximum atomic E-state index is 3.56. The minimum Gasteiger partial charge on any atom is -0.313 e. The summed E-state index contributed by atoms with van der Waals surface area (Å²) in [5.41, 5.74) is 0. The van der Waals surface area contributed by atoms with Crippen LogP contribution in [0.15, 0.2) is 0 Å². The van der Waals surface area contributed by atoms with Gasteiger partial charge in [0.1, 0.15) is 0 Å². The van der Waals surface area contributed by atoms with Crippen LogP contribution in [0.5, 0.6) is 0 Å². The van der Waals surface area contributed by atoms with Crippen LogP contribution in [-0.2, 0) is 0 Å². The molecule has 2 saturated heterocycles. The monoisotopic (exact) mass is 246 g/mol. The fourth-order valence-corrected chi connectivity index (χ4v) is 5.00. The summed E-state index contributed by atoms with van der Waals surface area (Å²) in [6.45, 7) is 7.34. The third-order valence-electron chi connectivity index (χ3n) is 3.02. The van der Waals surface area contributed by atoms with Crippen LogP contribution in [0.1, 0.15) is 13.3 Å². The van der Waals surface area contributed by atoms with Gasteiger partial charge in [-0.3, -0.25) is 0 Å². The van der Waals surface area contributed by atoms with Crippen LogP contribution in [0.2, 0.25) is 0 Å². The third kappa shape index (κ3) is 4.17. The summed E-state index contributed by atoms with van der Waals surface area (Å²) in [4.78, 5) is 2.66. The minimum atomic E-state index is 0.675. The minimum absolute atomic E-state index is 0.675. The molecule has 0 bridgehead atoms. The quantitative estimate of drug-likeness (QED) is 0.794. The molecule has 2 aliphatic heterocycles. The first-order valence-corrected chi connectivity index (χ1v) is 8.20. The molecule has 88 valence electrons. The fraction of sp³-hybridized carbons (Fsp3) is 1.00. The molecule has 1 N–H and O–H groups in total. The van der Waals surface area contributed by atoms with Crippen molar-refractivity contribution in [2.45, 2.75) is 24.6 Å². The van der Waals surface area contributed by atoms with Crippen molar-refractivity contribution in [1.29, 1.82) is 0 Å². The molecule has 2 atom stereocenters. The van der Waals surface area contributed by atoms with E-state index in [1.54, 1.807) is 0 Å². The van der Waals surface area contributed by atoms with Crippen LogP contribution >= 0.6 is 23.5 Å². The van der Waals surface area contributed by atoms with Crippen LogP contribution < -0.4 is 5.32 Å². The Hall–Kier alpha value is 0.620. The van der Waals surface area contributed by atoms with Crippen molar-refractivity contribution in [2.75, 3.05) is 43.4 Å². The second-order valence-electron chi connectivity index (χ2n) is 4.54. The van der Waals surface area contributed by atoms with Crippen molar-refractivity contribution in [2.24, 2.45) is 0 Å². The van der Waals surface area contributed by atoms with E-state index < -0.39 is 0 Å². The molecule has 4 heteroatoms. The Morgan fingerprint density at radius 1 is 1.40 bits per heavy atom. The predicted octanol–water partition coefficient (Wildman–Crippen LogP) is 1.52. The largest absolute Gasteiger partial charge is 0.313 e. The van der Waals surface area contributed by atoms with Crippen LogP contribution in [0.3, 0.4) is 0 Å². The van der Waals surface area contributed by atoms with Crippen molar-refractivity contribution < 1.29 is 0 Å². The number of rotatable bonds is 2. The van der Waals surface area contributed by atoms with Gasteiger partial charge in [-0.25, -0.2) is 0 Å². The standard InChI is InChI=1S/C11H22N2S2/c1-10-7-13(4-2-3-12-10)8-11-9-14-5-6-15-11/h10-12H,2-9H2,1H3. The van der Waals surface area contributed by atoms with Crippen molar-refractivity contribution in [3.8, 4) is 0 Å². The van der Waals surface area contributed by atoms with Gasteiger partial charge in [-0.1, -0.05) is 0 Å². The topological polar surface area (TPSA) is 15.3 Å². The maximum Gasteiger partial charge on any atom is 0.0265 e. The highest BCUT2D eigenvalue weighted by molar-refractivity contribution is 8.06. The van der Waals surface area contributed by atoms with E-state index in [1.165, 1.54) is 49.9 Å². The first-order valence-electron chi connectivity index (χ1n) is 5.99. The molecule has 0 spiro atoms. The molecule has 15 heavy (non-hydrogen) atoms. The molecule has 2 heterocycles. The van der Waals surface area contributed by atoms with E-state index in [0.29, 0.717) is 6.04 Å². The molecule has 0 radical (unpaired) electrons. The molecule has 2 fully saturated rings. The lowest BCUT2D eigenvalue weighted by Gasteiger charge is -2.29. The molecule has 0 aliphatic carbocycles. The molecule has 2 rings (SSSR count). The molecular formula is C11H22N2S2. The van der Waals surface area contributed by atoms with E-state index in [0.717, 1.165) is 5.25 Å². The van der Waals surface area contributed by atoms with E-state index in [9.17, 15) is 0 Å². The Morgan fingerprint density at radius 3 is 3.13 bits per heavy atom. The highest BCUT2D eigenvalue weighted by atomic mass is 32.2. The number of hydrogen-bond donors (Lipinski definition) is 1. The van der Waals surface area contributed by atoms with E-state index in [-0.39, 0.29) is 0 Å². The normalized spacial score (nSPS) is 35.0. The van der Waals surface area contributed by atoms with E-state index in [1.807, 2.05) is 0 Å². The SMILES string of the molecule is CC1CN(CC2CSCCS2)CCCN1. The molecule has 0 aromatic carbocycles. The third-order valence-corrected chi connectivity index (χ3v) is 5.85. The lowest BCUT2D eigenvalue weighted by Crippen LogP contribution is -2.39. The summed E-state index contributed by atoms with van der Waals surface area (Å²) >= 11 is 4.32. The second-order valence-corrected chi connectivity index (χ2v) is 7.09. The molecule has 0 aromatic rings. The van der Waals surface area contributed by atoms with Gasteiger partial charge in [-0.15, -0.1) is 0 Å². The molecule has 0 saturated carbocycles. The number of nitrogens with one attached hydrogen (secondary N) is 1. The van der Waals surface area contributed by atoms with Crippen molar-refractivity contribution in [3.63, 3.8) is 0 Å². The Bertz CT molecular complexity index is 183. The van der Waals surface area contributed by atoms with Gasteiger partial charge < -0.3 is 10.2 Å². The van der Waals surface area contributed by atoms with E-state index >= 15 is 0 Å². The summed E-state index contributed by atoms with van der Waals surface area (Å²) in [7, 11) is 0. The smallest absolute Gasteiger partial charge is 0.0265 e. The summed E-state index contributed by atoms with van der Waals surface area (Å²) in [6, 6.07) is 0.675.